The van der Waals surface area contributed by atoms with E-state index >= 15 is 0 Å². The van der Waals surface area contributed by atoms with E-state index in [0.717, 1.165) is 90.2 Å². The highest BCUT2D eigenvalue weighted by molar-refractivity contribution is 5.27. The van der Waals surface area contributed by atoms with Crippen molar-refractivity contribution in [3.63, 3.8) is 0 Å². The Morgan fingerprint density at radius 2 is 1.29 bits per heavy atom. The summed E-state index contributed by atoms with van der Waals surface area (Å²) in [4.78, 5) is 7.37. The quantitative estimate of drug-likeness (QED) is 0.311. The number of likely N-dealkylation sites (N-methyl/N-ethyl adjacent to an activating group) is 1. The van der Waals surface area contributed by atoms with E-state index in [0.29, 0.717) is 19.8 Å². The van der Waals surface area contributed by atoms with E-state index in [1.807, 2.05) is 0 Å². The van der Waals surface area contributed by atoms with Gasteiger partial charge in [-0.05, 0) is 69.4 Å². The molecule has 1 aromatic carbocycles. The van der Waals surface area contributed by atoms with Gasteiger partial charge in [0.25, 0.3) is 0 Å². The Labute approximate surface area is 213 Å². The second-order valence-electron chi connectivity index (χ2n) is 10.1. The summed E-state index contributed by atoms with van der Waals surface area (Å²) < 4.78 is 23.1. The molecule has 0 unspecified atom stereocenters. The molecule has 1 aromatic rings. The fourth-order valence-corrected chi connectivity index (χ4v) is 4.47. The first kappa shape index (κ1) is 28.4. The van der Waals surface area contributed by atoms with Gasteiger partial charge < -0.3 is 28.7 Å². The summed E-state index contributed by atoms with van der Waals surface area (Å²) in [5.74, 6) is 1.84. The van der Waals surface area contributed by atoms with Crippen LogP contribution in [0.4, 0.5) is 0 Å². The number of likely N-dealkylation sites (tertiary alicyclic amines) is 1. The second kappa shape index (κ2) is 17.3. The number of hydrogen-bond donors (Lipinski definition) is 0. The van der Waals surface area contributed by atoms with Crippen LogP contribution in [0.25, 0.3) is 0 Å². The van der Waals surface area contributed by atoms with Crippen LogP contribution in [0.3, 0.4) is 0 Å². The zero-order valence-electron chi connectivity index (χ0n) is 22.3. The van der Waals surface area contributed by atoms with E-state index < -0.39 is 0 Å². The first-order chi connectivity index (χ1) is 17.2. The van der Waals surface area contributed by atoms with Crippen molar-refractivity contribution in [2.45, 2.75) is 32.6 Å². The largest absolute Gasteiger partial charge is 0.492 e. The topological polar surface area (TPSA) is 46.6 Å². The summed E-state index contributed by atoms with van der Waals surface area (Å²) >= 11 is 0. The van der Waals surface area contributed by atoms with Gasteiger partial charge in [0.2, 0.25) is 0 Å². The number of benzene rings is 1. The van der Waals surface area contributed by atoms with Crippen LogP contribution in [0.5, 0.6) is 5.75 Å². The maximum absolute atomic E-state index is 5.92. The highest BCUT2D eigenvalue weighted by Gasteiger charge is 2.15. The van der Waals surface area contributed by atoms with E-state index in [-0.39, 0.29) is 0 Å². The Morgan fingerprint density at radius 1 is 0.686 bits per heavy atom. The lowest BCUT2D eigenvalue weighted by atomic mass is 9.99. The number of piperazine rings is 1. The van der Waals surface area contributed by atoms with Crippen molar-refractivity contribution in [3.05, 3.63) is 29.8 Å². The third-order valence-electron chi connectivity index (χ3n) is 7.11. The molecule has 2 aliphatic rings. The Bertz CT molecular complexity index is 644. The fraction of sp³-hybridized carbons (Fsp3) is 0.786. The highest BCUT2D eigenvalue weighted by Crippen LogP contribution is 2.15. The third kappa shape index (κ3) is 12.5. The zero-order chi connectivity index (χ0) is 24.6. The maximum atomic E-state index is 5.92. The van der Waals surface area contributed by atoms with Gasteiger partial charge in [0, 0.05) is 52.5 Å². The lowest BCUT2D eigenvalue weighted by Gasteiger charge is -2.32. The molecule has 2 saturated heterocycles. The van der Waals surface area contributed by atoms with Gasteiger partial charge in [0.1, 0.15) is 12.4 Å². The van der Waals surface area contributed by atoms with Gasteiger partial charge in [-0.1, -0.05) is 19.1 Å². The molecule has 35 heavy (non-hydrogen) atoms. The predicted molar refractivity (Wildman–Crippen MR) is 141 cm³/mol. The van der Waals surface area contributed by atoms with Gasteiger partial charge >= 0.3 is 0 Å². The minimum absolute atomic E-state index is 0.641. The van der Waals surface area contributed by atoms with Crippen molar-refractivity contribution in [2.75, 3.05) is 106 Å². The van der Waals surface area contributed by atoms with Crippen molar-refractivity contribution in [1.82, 2.24) is 14.7 Å². The third-order valence-corrected chi connectivity index (χ3v) is 7.11. The molecule has 0 atom stereocenters. The number of piperidine rings is 1. The molecule has 3 rings (SSSR count). The minimum Gasteiger partial charge on any atom is -0.492 e. The number of nitrogens with zero attached hydrogens (tertiary/aromatic N) is 3. The normalized spacial score (nSPS) is 18.8. The first-order valence-corrected chi connectivity index (χ1v) is 13.8. The maximum Gasteiger partial charge on any atom is 0.119 e. The van der Waals surface area contributed by atoms with Gasteiger partial charge in [-0.2, -0.15) is 0 Å². The van der Waals surface area contributed by atoms with Crippen LogP contribution in [0.2, 0.25) is 0 Å². The molecule has 7 heteroatoms. The Morgan fingerprint density at radius 3 is 2.00 bits per heavy atom. The lowest BCUT2D eigenvalue weighted by molar-refractivity contribution is 0.0329. The van der Waals surface area contributed by atoms with Crippen LogP contribution in [-0.4, -0.2) is 120 Å². The molecule has 0 radical (unpaired) electrons. The number of rotatable bonds is 17. The lowest BCUT2D eigenvalue weighted by Crippen LogP contribution is -2.45. The van der Waals surface area contributed by atoms with Crippen LogP contribution in [0, 0.1) is 5.92 Å². The minimum atomic E-state index is 0.641. The molecule has 7 nitrogen and oxygen atoms in total. The van der Waals surface area contributed by atoms with Crippen LogP contribution < -0.4 is 4.74 Å². The zero-order valence-corrected chi connectivity index (χ0v) is 22.3. The van der Waals surface area contributed by atoms with Gasteiger partial charge in [-0.3, -0.25) is 4.90 Å². The average molecular weight is 492 g/mol. The Hall–Kier alpha value is -1.22. The summed E-state index contributed by atoms with van der Waals surface area (Å²) in [6.45, 7) is 16.5. The molecule has 0 N–H and O–H groups in total. The molecule has 2 fully saturated rings. The fourth-order valence-electron chi connectivity index (χ4n) is 4.47. The van der Waals surface area contributed by atoms with E-state index in [4.69, 9.17) is 18.9 Å². The Kier molecular flexibility index (Phi) is 14.0. The van der Waals surface area contributed by atoms with Gasteiger partial charge in [-0.15, -0.1) is 0 Å². The molecular weight excluding hydrogens is 442 g/mol. The molecular formula is C28H49N3O4. The Balaban J connectivity index is 1.08. The van der Waals surface area contributed by atoms with E-state index in [2.05, 4.69) is 52.9 Å². The van der Waals surface area contributed by atoms with Crippen molar-refractivity contribution >= 4 is 0 Å². The smallest absolute Gasteiger partial charge is 0.119 e. The number of hydrogen-bond acceptors (Lipinski definition) is 7. The summed E-state index contributed by atoms with van der Waals surface area (Å²) in [7, 11) is 2.18. The van der Waals surface area contributed by atoms with Gasteiger partial charge in [0.15, 0.2) is 0 Å². The van der Waals surface area contributed by atoms with Crippen molar-refractivity contribution in [3.8, 4) is 5.75 Å². The predicted octanol–water partition coefficient (Wildman–Crippen LogP) is 3.03. The second-order valence-corrected chi connectivity index (χ2v) is 10.1. The van der Waals surface area contributed by atoms with Crippen LogP contribution in [0.15, 0.2) is 24.3 Å². The first-order valence-electron chi connectivity index (χ1n) is 13.8. The SMILES string of the molecule is CC1CCN(CCOCCCOCCOCCc2ccc(OCCN3CCN(C)CC3)cc2)CC1. The molecule has 0 amide bonds. The summed E-state index contributed by atoms with van der Waals surface area (Å²) in [5.41, 5.74) is 1.27. The molecule has 0 saturated carbocycles. The van der Waals surface area contributed by atoms with Gasteiger partial charge in [-0.25, -0.2) is 0 Å². The van der Waals surface area contributed by atoms with E-state index in [9.17, 15) is 0 Å². The average Bonchev–Trinajstić information content (AvgIpc) is 2.88. The van der Waals surface area contributed by atoms with Gasteiger partial charge in [0.05, 0.1) is 26.4 Å². The van der Waals surface area contributed by atoms with E-state index in [1.54, 1.807) is 0 Å². The van der Waals surface area contributed by atoms with Crippen molar-refractivity contribution in [1.29, 1.82) is 0 Å². The van der Waals surface area contributed by atoms with Crippen molar-refractivity contribution < 1.29 is 18.9 Å². The molecule has 0 spiro atoms. The molecule has 2 heterocycles. The van der Waals surface area contributed by atoms with Crippen LogP contribution >= 0.6 is 0 Å². The van der Waals surface area contributed by atoms with Crippen LogP contribution in [-0.2, 0) is 20.6 Å². The number of ether oxygens (including phenoxy) is 4. The molecule has 0 bridgehead atoms. The monoisotopic (exact) mass is 491 g/mol. The molecule has 0 aliphatic carbocycles. The van der Waals surface area contributed by atoms with Crippen LogP contribution in [0.1, 0.15) is 31.7 Å². The molecule has 2 aliphatic heterocycles. The van der Waals surface area contributed by atoms with E-state index in [1.165, 1.54) is 31.5 Å². The van der Waals surface area contributed by atoms with Crippen molar-refractivity contribution in [2.24, 2.45) is 5.92 Å². The standard InChI is InChI=1S/C28H49N3O4/c1-26-8-11-30(12-9-26)17-22-32-19-3-20-33-24-25-34-21-10-27-4-6-28(7-5-27)35-23-18-31-15-13-29(2)14-16-31/h4-7,26H,3,8-25H2,1-2H3. The highest BCUT2D eigenvalue weighted by atomic mass is 16.5. The summed E-state index contributed by atoms with van der Waals surface area (Å²) in [5, 5.41) is 0. The molecule has 200 valence electrons. The summed E-state index contributed by atoms with van der Waals surface area (Å²) in [6, 6.07) is 8.41. The molecule has 0 aromatic heterocycles. The summed E-state index contributed by atoms with van der Waals surface area (Å²) in [6.07, 6.45) is 4.51.